The van der Waals surface area contributed by atoms with Gasteiger partial charge in [0.25, 0.3) is 0 Å². The first-order valence-electron chi connectivity index (χ1n) is 11.1. The van der Waals surface area contributed by atoms with Gasteiger partial charge in [-0.2, -0.15) is 0 Å². The lowest BCUT2D eigenvalue weighted by Crippen LogP contribution is -2.29. The van der Waals surface area contributed by atoms with Gasteiger partial charge in [-0.15, -0.1) is 5.10 Å². The quantitative estimate of drug-likeness (QED) is 0.514. The van der Waals surface area contributed by atoms with Crippen LogP contribution in [0.5, 0.6) is 5.75 Å². The molecule has 2 aromatic heterocycles. The number of carboxylic acid groups (broad SMARTS) is 1. The largest absolute Gasteiger partial charge is 0.489 e. The molecule has 0 bridgehead atoms. The minimum absolute atomic E-state index is 0.0502. The van der Waals surface area contributed by atoms with Crippen molar-refractivity contribution in [2.24, 2.45) is 13.0 Å². The molecule has 0 saturated heterocycles. The van der Waals surface area contributed by atoms with E-state index in [1.165, 1.54) is 4.68 Å². The van der Waals surface area contributed by atoms with Gasteiger partial charge in [-0.05, 0) is 57.6 Å². The SMILES string of the molecule is Cc1nc(-c2nnn(C)c2COC(=O)NCCCCF)ccc1O[C@H]1CCC[C@H](C(=O)O)C1. The Morgan fingerprint density at radius 2 is 2.12 bits per heavy atom. The summed E-state index contributed by atoms with van der Waals surface area (Å²) in [5.41, 5.74) is 2.27. The van der Waals surface area contributed by atoms with E-state index < -0.39 is 18.7 Å². The molecule has 2 atom stereocenters. The van der Waals surface area contributed by atoms with Crippen LogP contribution >= 0.6 is 0 Å². The molecule has 2 heterocycles. The van der Waals surface area contributed by atoms with Gasteiger partial charge >= 0.3 is 12.1 Å². The maximum absolute atomic E-state index is 12.1. The minimum atomic E-state index is -0.778. The van der Waals surface area contributed by atoms with E-state index in [-0.39, 0.29) is 18.6 Å². The third-order valence-electron chi connectivity index (χ3n) is 5.66. The standard InChI is InChI=1S/C22H30FN5O5/c1-14-19(33-16-7-5-6-15(12-16)21(29)30)9-8-17(25-14)20-18(28(2)27-26-20)13-32-22(31)24-11-4-3-10-23/h8-9,15-16H,3-7,10-13H2,1-2H3,(H,24,31)(H,29,30)/t15-,16-/m0/s1. The maximum atomic E-state index is 12.1. The van der Waals surface area contributed by atoms with Crippen molar-refractivity contribution in [1.82, 2.24) is 25.3 Å². The lowest BCUT2D eigenvalue weighted by atomic mass is 9.87. The number of halogens is 1. The molecule has 10 nitrogen and oxygen atoms in total. The number of carboxylic acids is 1. The molecule has 2 aromatic rings. The van der Waals surface area contributed by atoms with Crippen molar-refractivity contribution >= 4 is 12.1 Å². The zero-order chi connectivity index (χ0) is 23.8. The van der Waals surface area contributed by atoms with Crippen LogP contribution in [0.4, 0.5) is 9.18 Å². The fourth-order valence-electron chi connectivity index (χ4n) is 3.79. The van der Waals surface area contributed by atoms with E-state index in [1.807, 2.05) is 6.92 Å². The van der Waals surface area contributed by atoms with Gasteiger partial charge in [0.1, 0.15) is 23.7 Å². The van der Waals surface area contributed by atoms with Crippen molar-refractivity contribution in [1.29, 1.82) is 0 Å². The second-order valence-electron chi connectivity index (χ2n) is 8.13. The van der Waals surface area contributed by atoms with Gasteiger partial charge in [0.05, 0.1) is 30.1 Å². The Hall–Kier alpha value is -3.24. The number of nitrogens with zero attached hydrogens (tertiary/aromatic N) is 4. The van der Waals surface area contributed by atoms with Crippen molar-refractivity contribution < 1.29 is 28.6 Å². The molecule has 1 fully saturated rings. The van der Waals surface area contributed by atoms with Gasteiger partial charge in [-0.3, -0.25) is 9.18 Å². The van der Waals surface area contributed by atoms with Crippen LogP contribution in [-0.4, -0.2) is 56.5 Å². The average Bonchev–Trinajstić information content (AvgIpc) is 3.17. The van der Waals surface area contributed by atoms with Gasteiger partial charge in [-0.1, -0.05) is 5.21 Å². The van der Waals surface area contributed by atoms with Crippen LogP contribution in [0.25, 0.3) is 11.4 Å². The van der Waals surface area contributed by atoms with E-state index >= 15 is 0 Å². The molecule has 2 N–H and O–H groups in total. The summed E-state index contributed by atoms with van der Waals surface area (Å²) < 4.78 is 24.9. The van der Waals surface area contributed by atoms with E-state index in [0.717, 1.165) is 12.8 Å². The molecule has 1 aliphatic rings. The summed E-state index contributed by atoms with van der Waals surface area (Å²) in [6.07, 6.45) is 2.97. The van der Waals surface area contributed by atoms with Crippen LogP contribution in [0, 0.1) is 12.8 Å². The number of aromatic nitrogens is 4. The molecule has 180 valence electrons. The molecule has 1 amide bonds. The first-order chi connectivity index (χ1) is 15.9. The maximum Gasteiger partial charge on any atom is 0.407 e. The van der Waals surface area contributed by atoms with Crippen molar-refractivity contribution in [2.75, 3.05) is 13.2 Å². The molecule has 1 saturated carbocycles. The van der Waals surface area contributed by atoms with Gasteiger partial charge in [-0.25, -0.2) is 14.5 Å². The number of carbonyl (C=O) groups excluding carboxylic acids is 1. The van der Waals surface area contributed by atoms with Crippen LogP contribution in [-0.2, 0) is 23.2 Å². The Kier molecular flexibility index (Phi) is 8.56. The summed E-state index contributed by atoms with van der Waals surface area (Å²) in [6, 6.07) is 3.54. The van der Waals surface area contributed by atoms with Crippen LogP contribution in [0.1, 0.15) is 49.9 Å². The summed E-state index contributed by atoms with van der Waals surface area (Å²) in [5, 5.41) is 20.0. The molecule has 0 unspecified atom stereocenters. The lowest BCUT2D eigenvalue weighted by Gasteiger charge is -2.27. The molecular weight excluding hydrogens is 433 g/mol. The summed E-state index contributed by atoms with van der Waals surface area (Å²) >= 11 is 0. The Bertz CT molecular complexity index is 967. The van der Waals surface area contributed by atoms with E-state index in [4.69, 9.17) is 9.47 Å². The molecule has 33 heavy (non-hydrogen) atoms. The fourth-order valence-corrected chi connectivity index (χ4v) is 3.79. The van der Waals surface area contributed by atoms with E-state index in [2.05, 4.69) is 20.6 Å². The van der Waals surface area contributed by atoms with Gasteiger partial charge in [0.15, 0.2) is 0 Å². The van der Waals surface area contributed by atoms with Gasteiger partial charge in [0.2, 0.25) is 0 Å². The predicted molar refractivity (Wildman–Crippen MR) is 116 cm³/mol. The van der Waals surface area contributed by atoms with Gasteiger partial charge in [0, 0.05) is 13.6 Å². The van der Waals surface area contributed by atoms with Crippen molar-refractivity contribution in [3.8, 4) is 17.1 Å². The normalized spacial score (nSPS) is 18.0. The van der Waals surface area contributed by atoms with E-state index in [0.29, 0.717) is 60.8 Å². The smallest absolute Gasteiger partial charge is 0.407 e. The number of pyridine rings is 1. The predicted octanol–water partition coefficient (Wildman–Crippen LogP) is 3.18. The number of alkyl carbamates (subject to hydrolysis) is 1. The molecule has 0 spiro atoms. The topological polar surface area (TPSA) is 128 Å². The second kappa shape index (κ2) is 11.6. The number of ether oxygens (including phenoxy) is 2. The zero-order valence-electron chi connectivity index (χ0n) is 18.9. The highest BCUT2D eigenvalue weighted by atomic mass is 19.1. The number of alkyl halides is 1. The Morgan fingerprint density at radius 1 is 1.30 bits per heavy atom. The third-order valence-corrected chi connectivity index (χ3v) is 5.66. The molecule has 0 aromatic carbocycles. The number of hydrogen-bond acceptors (Lipinski definition) is 7. The first-order valence-corrected chi connectivity index (χ1v) is 11.1. The first kappa shape index (κ1) is 24.4. The number of aliphatic carboxylic acids is 1. The highest BCUT2D eigenvalue weighted by Gasteiger charge is 2.28. The highest BCUT2D eigenvalue weighted by molar-refractivity contribution is 5.70. The monoisotopic (exact) mass is 463 g/mol. The summed E-state index contributed by atoms with van der Waals surface area (Å²) in [4.78, 5) is 27.7. The van der Waals surface area contributed by atoms with Crippen molar-refractivity contribution in [2.45, 2.75) is 58.2 Å². The number of aryl methyl sites for hydroxylation is 2. The van der Waals surface area contributed by atoms with Crippen LogP contribution in [0.2, 0.25) is 0 Å². The highest BCUT2D eigenvalue weighted by Crippen LogP contribution is 2.30. The molecule has 3 rings (SSSR count). The van der Waals surface area contributed by atoms with Crippen LogP contribution in [0.3, 0.4) is 0 Å². The minimum Gasteiger partial charge on any atom is -0.489 e. The molecule has 11 heteroatoms. The Balaban J connectivity index is 1.64. The van der Waals surface area contributed by atoms with Gasteiger partial charge < -0.3 is 19.9 Å². The molecule has 0 aliphatic heterocycles. The second-order valence-corrected chi connectivity index (χ2v) is 8.13. The number of unbranched alkanes of at least 4 members (excludes halogenated alkanes) is 1. The number of nitrogens with one attached hydrogen (secondary N) is 1. The summed E-state index contributed by atoms with van der Waals surface area (Å²) in [6.45, 7) is 1.69. The number of amides is 1. The summed E-state index contributed by atoms with van der Waals surface area (Å²) in [5.74, 6) is -0.553. The van der Waals surface area contributed by atoms with Crippen molar-refractivity contribution in [3.63, 3.8) is 0 Å². The number of carbonyl (C=O) groups is 2. The number of hydrogen-bond donors (Lipinski definition) is 2. The lowest BCUT2D eigenvalue weighted by molar-refractivity contribution is -0.143. The van der Waals surface area contributed by atoms with E-state index in [1.54, 1.807) is 19.2 Å². The zero-order valence-corrected chi connectivity index (χ0v) is 18.9. The number of rotatable bonds is 10. The molecular formula is C22H30FN5O5. The molecule has 1 aliphatic carbocycles. The van der Waals surface area contributed by atoms with Crippen LogP contribution in [0.15, 0.2) is 12.1 Å². The fraction of sp³-hybridized carbons (Fsp3) is 0.591. The third kappa shape index (κ3) is 6.62. The van der Waals surface area contributed by atoms with E-state index in [9.17, 15) is 19.1 Å². The summed E-state index contributed by atoms with van der Waals surface area (Å²) in [7, 11) is 1.70. The van der Waals surface area contributed by atoms with Crippen molar-refractivity contribution in [3.05, 3.63) is 23.5 Å². The Labute approximate surface area is 191 Å². The Morgan fingerprint density at radius 3 is 2.85 bits per heavy atom. The average molecular weight is 464 g/mol. The van der Waals surface area contributed by atoms with Crippen LogP contribution < -0.4 is 10.1 Å². The molecule has 0 radical (unpaired) electrons.